The summed E-state index contributed by atoms with van der Waals surface area (Å²) in [7, 11) is 0. The van der Waals surface area contributed by atoms with Crippen molar-refractivity contribution >= 4 is 11.7 Å². The van der Waals surface area contributed by atoms with Crippen molar-refractivity contribution in [2.75, 3.05) is 5.73 Å². The van der Waals surface area contributed by atoms with Crippen molar-refractivity contribution in [2.45, 2.75) is 13.5 Å². The lowest BCUT2D eigenvalue weighted by Crippen LogP contribution is -2.08. The van der Waals surface area contributed by atoms with E-state index in [0.29, 0.717) is 16.8 Å². The predicted octanol–water partition coefficient (Wildman–Crippen LogP) is 3.07. The number of nitrogens with two attached hydrogens (primary N) is 1. The van der Waals surface area contributed by atoms with Gasteiger partial charge in [-0.2, -0.15) is 0 Å². The van der Waals surface area contributed by atoms with Crippen molar-refractivity contribution in [3.63, 3.8) is 0 Å². The number of nitrogen functional groups attached to an aromatic ring is 1. The highest BCUT2D eigenvalue weighted by Crippen LogP contribution is 2.17. The fourth-order valence-corrected chi connectivity index (χ4v) is 1.68. The Morgan fingerprint density at radius 1 is 1.21 bits per heavy atom. The second-order valence-electron chi connectivity index (χ2n) is 4.22. The zero-order valence-corrected chi connectivity index (χ0v) is 10.5. The first-order valence-corrected chi connectivity index (χ1v) is 5.84. The van der Waals surface area contributed by atoms with Crippen LogP contribution in [-0.2, 0) is 11.3 Å². The SMILES string of the molecule is Cc1c(N)cccc1C(=O)OCc1ccc(F)cc1. The number of ether oxygens (including phenoxy) is 1. The van der Waals surface area contributed by atoms with Crippen molar-refractivity contribution in [1.29, 1.82) is 0 Å². The maximum atomic E-state index is 12.7. The molecule has 0 heterocycles. The highest BCUT2D eigenvalue weighted by atomic mass is 19.1. The number of anilines is 1. The first-order valence-electron chi connectivity index (χ1n) is 5.84. The highest BCUT2D eigenvalue weighted by molar-refractivity contribution is 5.92. The van der Waals surface area contributed by atoms with Crippen molar-refractivity contribution in [1.82, 2.24) is 0 Å². The maximum absolute atomic E-state index is 12.7. The van der Waals surface area contributed by atoms with Gasteiger partial charge in [0.1, 0.15) is 12.4 Å². The van der Waals surface area contributed by atoms with E-state index in [9.17, 15) is 9.18 Å². The van der Waals surface area contributed by atoms with Crippen molar-refractivity contribution in [2.24, 2.45) is 0 Å². The van der Waals surface area contributed by atoms with Crippen molar-refractivity contribution < 1.29 is 13.9 Å². The van der Waals surface area contributed by atoms with Gasteiger partial charge in [0.25, 0.3) is 0 Å². The lowest BCUT2D eigenvalue weighted by atomic mass is 10.1. The van der Waals surface area contributed by atoms with Crippen LogP contribution in [0.4, 0.5) is 10.1 Å². The Morgan fingerprint density at radius 3 is 2.58 bits per heavy atom. The van der Waals surface area contributed by atoms with Crippen LogP contribution in [0.5, 0.6) is 0 Å². The molecule has 0 unspecified atom stereocenters. The van der Waals surface area contributed by atoms with E-state index in [4.69, 9.17) is 10.5 Å². The van der Waals surface area contributed by atoms with Crippen LogP contribution in [0.25, 0.3) is 0 Å². The minimum absolute atomic E-state index is 0.105. The third kappa shape index (κ3) is 3.10. The predicted molar refractivity (Wildman–Crippen MR) is 71.1 cm³/mol. The van der Waals surface area contributed by atoms with E-state index in [1.54, 1.807) is 37.3 Å². The minimum atomic E-state index is -0.436. The molecule has 0 aliphatic carbocycles. The molecular formula is C15H14FNO2. The standard InChI is InChI=1S/C15H14FNO2/c1-10-13(3-2-4-14(10)17)15(18)19-9-11-5-7-12(16)8-6-11/h2-8H,9,17H2,1H3. The van der Waals surface area contributed by atoms with Crippen LogP contribution in [0.15, 0.2) is 42.5 Å². The fourth-order valence-electron chi connectivity index (χ4n) is 1.68. The Balaban J connectivity index is 2.05. The van der Waals surface area contributed by atoms with Crippen LogP contribution in [0, 0.1) is 12.7 Å². The van der Waals surface area contributed by atoms with E-state index in [1.165, 1.54) is 12.1 Å². The number of esters is 1. The monoisotopic (exact) mass is 259 g/mol. The molecule has 2 rings (SSSR count). The molecule has 98 valence electrons. The summed E-state index contributed by atoms with van der Waals surface area (Å²) in [4.78, 5) is 11.9. The van der Waals surface area contributed by atoms with Gasteiger partial charge >= 0.3 is 5.97 Å². The molecule has 0 amide bonds. The zero-order valence-electron chi connectivity index (χ0n) is 10.5. The second kappa shape index (κ2) is 5.52. The lowest BCUT2D eigenvalue weighted by Gasteiger charge is -2.08. The largest absolute Gasteiger partial charge is 0.457 e. The average Bonchev–Trinajstić information content (AvgIpc) is 2.41. The van der Waals surface area contributed by atoms with E-state index in [1.807, 2.05) is 0 Å². The average molecular weight is 259 g/mol. The van der Waals surface area contributed by atoms with Crippen LogP contribution in [0.2, 0.25) is 0 Å². The molecule has 4 heteroatoms. The third-order valence-corrected chi connectivity index (χ3v) is 2.88. The van der Waals surface area contributed by atoms with Gasteiger partial charge in [-0.25, -0.2) is 9.18 Å². The molecule has 0 radical (unpaired) electrons. The van der Waals surface area contributed by atoms with Gasteiger partial charge in [0.05, 0.1) is 5.56 Å². The van der Waals surface area contributed by atoms with Gasteiger partial charge in [0.15, 0.2) is 0 Å². The first-order chi connectivity index (χ1) is 9.08. The van der Waals surface area contributed by atoms with Gasteiger partial charge in [-0.1, -0.05) is 18.2 Å². The molecule has 0 aliphatic heterocycles. The third-order valence-electron chi connectivity index (χ3n) is 2.88. The van der Waals surface area contributed by atoms with Gasteiger partial charge in [0.2, 0.25) is 0 Å². The number of halogens is 1. The highest BCUT2D eigenvalue weighted by Gasteiger charge is 2.11. The van der Waals surface area contributed by atoms with E-state index in [0.717, 1.165) is 5.56 Å². The van der Waals surface area contributed by atoms with Crippen LogP contribution in [-0.4, -0.2) is 5.97 Å². The summed E-state index contributed by atoms with van der Waals surface area (Å²) in [5, 5.41) is 0. The molecule has 0 aromatic heterocycles. The quantitative estimate of drug-likeness (QED) is 0.680. The molecule has 0 atom stereocenters. The number of carbonyl (C=O) groups is 1. The van der Waals surface area contributed by atoms with Crippen molar-refractivity contribution in [3.8, 4) is 0 Å². The molecule has 0 saturated carbocycles. The van der Waals surface area contributed by atoms with E-state index in [2.05, 4.69) is 0 Å². The summed E-state index contributed by atoms with van der Waals surface area (Å²) in [6, 6.07) is 10.9. The first kappa shape index (κ1) is 13.1. The Morgan fingerprint density at radius 2 is 1.89 bits per heavy atom. The summed E-state index contributed by atoms with van der Waals surface area (Å²) >= 11 is 0. The van der Waals surface area contributed by atoms with Crippen LogP contribution in [0.1, 0.15) is 21.5 Å². The van der Waals surface area contributed by atoms with Gasteiger partial charge in [0, 0.05) is 5.69 Å². The summed E-state index contributed by atoms with van der Waals surface area (Å²) in [5.74, 6) is -0.754. The molecule has 19 heavy (non-hydrogen) atoms. The minimum Gasteiger partial charge on any atom is -0.457 e. The summed E-state index contributed by atoms with van der Waals surface area (Å²) in [5.41, 5.74) is 8.16. The van der Waals surface area contributed by atoms with Gasteiger partial charge in [-0.3, -0.25) is 0 Å². The topological polar surface area (TPSA) is 52.3 Å². The summed E-state index contributed by atoms with van der Waals surface area (Å²) < 4.78 is 17.9. The van der Waals surface area contributed by atoms with E-state index < -0.39 is 5.97 Å². The molecule has 0 saturated heterocycles. The number of carbonyl (C=O) groups excluding carboxylic acids is 1. The van der Waals surface area contributed by atoms with E-state index >= 15 is 0 Å². The molecule has 2 N–H and O–H groups in total. The Kier molecular flexibility index (Phi) is 3.80. The molecule has 2 aromatic carbocycles. The maximum Gasteiger partial charge on any atom is 0.338 e. The fraction of sp³-hybridized carbons (Fsp3) is 0.133. The Hall–Kier alpha value is -2.36. The normalized spacial score (nSPS) is 10.2. The molecule has 0 bridgehead atoms. The Bertz CT molecular complexity index is 594. The molecule has 0 aliphatic rings. The summed E-state index contributed by atoms with van der Waals surface area (Å²) in [6.07, 6.45) is 0. The molecule has 0 fully saturated rings. The van der Waals surface area contributed by atoms with Crippen LogP contribution in [0.3, 0.4) is 0 Å². The van der Waals surface area contributed by atoms with Gasteiger partial charge in [-0.15, -0.1) is 0 Å². The smallest absolute Gasteiger partial charge is 0.338 e. The number of hydrogen-bond donors (Lipinski definition) is 1. The molecule has 2 aromatic rings. The lowest BCUT2D eigenvalue weighted by molar-refractivity contribution is 0.0472. The van der Waals surface area contributed by atoms with Crippen molar-refractivity contribution in [3.05, 3.63) is 65.0 Å². The zero-order chi connectivity index (χ0) is 13.8. The van der Waals surface area contributed by atoms with E-state index in [-0.39, 0.29) is 12.4 Å². The second-order valence-corrected chi connectivity index (χ2v) is 4.22. The molecule has 3 nitrogen and oxygen atoms in total. The van der Waals surface area contributed by atoms with Crippen LogP contribution >= 0.6 is 0 Å². The summed E-state index contributed by atoms with van der Waals surface area (Å²) in [6.45, 7) is 1.87. The number of hydrogen-bond acceptors (Lipinski definition) is 3. The van der Waals surface area contributed by atoms with Gasteiger partial charge in [-0.05, 0) is 42.3 Å². The van der Waals surface area contributed by atoms with Gasteiger partial charge < -0.3 is 10.5 Å². The number of rotatable bonds is 3. The van der Waals surface area contributed by atoms with Crippen LogP contribution < -0.4 is 5.73 Å². The molecular weight excluding hydrogens is 245 g/mol. The Labute approximate surface area is 110 Å². The number of benzene rings is 2. The molecule has 0 spiro atoms.